The van der Waals surface area contributed by atoms with Crippen molar-refractivity contribution in [2.75, 3.05) is 26.4 Å². The minimum Gasteiger partial charge on any atom is -0.409 e. The van der Waals surface area contributed by atoms with E-state index in [9.17, 15) is 0 Å². The van der Waals surface area contributed by atoms with Crippen LogP contribution in [0.3, 0.4) is 0 Å². The minimum absolute atomic E-state index is 0.238. The zero-order valence-electron chi connectivity index (χ0n) is 7.74. The van der Waals surface area contributed by atoms with Gasteiger partial charge in [-0.3, -0.25) is 0 Å². The molecule has 2 rings (SSSR count). The molecule has 5 heteroatoms. The molecular formula is C8H15BO4. The first kappa shape index (κ1) is 9.46. The van der Waals surface area contributed by atoms with E-state index in [1.165, 1.54) is 0 Å². The van der Waals surface area contributed by atoms with Gasteiger partial charge >= 0.3 is 7.69 Å². The van der Waals surface area contributed by atoms with E-state index in [0.29, 0.717) is 20.9 Å². The Labute approximate surface area is 78.8 Å². The van der Waals surface area contributed by atoms with Crippen LogP contribution in [0, 0.1) is 0 Å². The first-order valence-corrected chi connectivity index (χ1v) is 4.84. The van der Waals surface area contributed by atoms with Gasteiger partial charge in [0, 0.05) is 13.2 Å². The first-order valence-electron chi connectivity index (χ1n) is 4.84. The predicted molar refractivity (Wildman–Crippen MR) is 47.8 cm³/mol. The summed E-state index contributed by atoms with van der Waals surface area (Å²) in [7, 11) is 0.377. The smallest absolute Gasteiger partial charge is 0.409 e. The van der Waals surface area contributed by atoms with Crippen LogP contribution in [0.1, 0.15) is 12.8 Å². The zero-order chi connectivity index (χ0) is 8.93. The van der Waals surface area contributed by atoms with Crippen molar-refractivity contribution in [3.05, 3.63) is 0 Å². The fourth-order valence-corrected chi connectivity index (χ4v) is 1.52. The lowest BCUT2D eigenvalue weighted by Gasteiger charge is -2.12. The van der Waals surface area contributed by atoms with Gasteiger partial charge in [-0.05, 0) is 12.8 Å². The van der Waals surface area contributed by atoms with E-state index in [-0.39, 0.29) is 12.2 Å². The van der Waals surface area contributed by atoms with Crippen LogP contribution in [0.4, 0.5) is 0 Å². The third kappa shape index (κ3) is 2.95. The summed E-state index contributed by atoms with van der Waals surface area (Å²) in [5, 5.41) is 0. The number of ether oxygens (including phenoxy) is 2. The molecule has 2 atom stereocenters. The third-order valence-electron chi connectivity index (χ3n) is 2.38. The fourth-order valence-electron chi connectivity index (χ4n) is 1.52. The van der Waals surface area contributed by atoms with Gasteiger partial charge in [-0.15, -0.1) is 0 Å². The van der Waals surface area contributed by atoms with Gasteiger partial charge in [0.2, 0.25) is 0 Å². The van der Waals surface area contributed by atoms with Crippen LogP contribution < -0.4 is 0 Å². The topological polar surface area (TPSA) is 36.9 Å². The van der Waals surface area contributed by atoms with Crippen LogP contribution in [-0.4, -0.2) is 46.3 Å². The maximum atomic E-state index is 5.46. The van der Waals surface area contributed by atoms with Crippen molar-refractivity contribution in [1.29, 1.82) is 0 Å². The average Bonchev–Trinajstić information content (AvgIpc) is 2.75. The second kappa shape index (κ2) is 4.95. The first-order chi connectivity index (χ1) is 6.45. The van der Waals surface area contributed by atoms with Crippen molar-refractivity contribution in [3.63, 3.8) is 0 Å². The van der Waals surface area contributed by atoms with Gasteiger partial charge in [-0.25, -0.2) is 0 Å². The van der Waals surface area contributed by atoms with Crippen molar-refractivity contribution >= 4 is 7.69 Å². The second-order valence-corrected chi connectivity index (χ2v) is 3.42. The highest BCUT2D eigenvalue weighted by Crippen LogP contribution is 2.10. The Morgan fingerprint density at radius 2 is 1.46 bits per heavy atom. The van der Waals surface area contributed by atoms with Gasteiger partial charge in [-0.2, -0.15) is 0 Å². The lowest BCUT2D eigenvalue weighted by atomic mass is 10.2. The van der Waals surface area contributed by atoms with E-state index in [0.717, 1.165) is 26.1 Å². The molecule has 0 aromatic rings. The summed E-state index contributed by atoms with van der Waals surface area (Å²) >= 11 is 0. The van der Waals surface area contributed by atoms with Crippen LogP contribution in [-0.2, 0) is 18.8 Å². The Kier molecular flexibility index (Phi) is 3.60. The summed E-state index contributed by atoms with van der Waals surface area (Å²) in [6.07, 6.45) is 2.46. The van der Waals surface area contributed by atoms with Crippen LogP contribution in [0.15, 0.2) is 0 Å². The SMILES string of the molecule is B(OC1CCOC1)OC1CCOC1. The molecule has 13 heavy (non-hydrogen) atoms. The third-order valence-corrected chi connectivity index (χ3v) is 2.38. The molecule has 0 aromatic carbocycles. The maximum Gasteiger partial charge on any atom is 0.438 e. The van der Waals surface area contributed by atoms with E-state index in [2.05, 4.69) is 0 Å². The number of hydrogen-bond acceptors (Lipinski definition) is 4. The molecule has 0 spiro atoms. The predicted octanol–water partition coefficient (Wildman–Crippen LogP) is -0.136. The number of rotatable bonds is 4. The highest BCUT2D eigenvalue weighted by molar-refractivity contribution is 6.18. The zero-order valence-corrected chi connectivity index (χ0v) is 7.74. The Morgan fingerprint density at radius 3 is 1.85 bits per heavy atom. The molecule has 2 fully saturated rings. The van der Waals surface area contributed by atoms with E-state index in [1.54, 1.807) is 0 Å². The molecule has 2 aliphatic rings. The van der Waals surface area contributed by atoms with E-state index in [1.807, 2.05) is 0 Å². The standard InChI is InChI=1S/C8H15BO4/c1-3-10-5-7(1)12-9-13-8-2-4-11-6-8/h7-9H,1-6H2. The molecule has 0 saturated carbocycles. The molecular weight excluding hydrogens is 171 g/mol. The molecule has 0 amide bonds. The monoisotopic (exact) mass is 186 g/mol. The Balaban J connectivity index is 1.52. The van der Waals surface area contributed by atoms with Gasteiger partial charge in [0.05, 0.1) is 25.4 Å². The van der Waals surface area contributed by atoms with Gasteiger partial charge < -0.3 is 18.8 Å². The summed E-state index contributed by atoms with van der Waals surface area (Å²) in [5.41, 5.74) is 0. The van der Waals surface area contributed by atoms with Crippen LogP contribution in [0.25, 0.3) is 0 Å². The second-order valence-electron chi connectivity index (χ2n) is 3.42. The molecule has 0 aromatic heterocycles. The molecule has 0 N–H and O–H groups in total. The molecule has 4 nitrogen and oxygen atoms in total. The fraction of sp³-hybridized carbons (Fsp3) is 1.00. The molecule has 2 unspecified atom stereocenters. The minimum atomic E-state index is 0.238. The quantitative estimate of drug-likeness (QED) is 0.572. The largest absolute Gasteiger partial charge is 0.438 e. The molecule has 0 bridgehead atoms. The highest BCUT2D eigenvalue weighted by atomic mass is 16.6. The summed E-state index contributed by atoms with van der Waals surface area (Å²) in [5.74, 6) is 0. The van der Waals surface area contributed by atoms with Crippen molar-refractivity contribution in [3.8, 4) is 0 Å². The number of hydrogen-bond donors (Lipinski definition) is 0. The highest BCUT2D eigenvalue weighted by Gasteiger charge is 2.19. The molecule has 0 aliphatic carbocycles. The lowest BCUT2D eigenvalue weighted by molar-refractivity contribution is 0.0921. The van der Waals surface area contributed by atoms with E-state index < -0.39 is 0 Å². The average molecular weight is 186 g/mol. The Bertz CT molecular complexity index is 127. The van der Waals surface area contributed by atoms with Gasteiger partial charge in [0.25, 0.3) is 0 Å². The van der Waals surface area contributed by atoms with Crippen molar-refractivity contribution in [2.24, 2.45) is 0 Å². The van der Waals surface area contributed by atoms with Crippen LogP contribution >= 0.6 is 0 Å². The summed E-state index contributed by atoms with van der Waals surface area (Å²) in [4.78, 5) is 0. The Hall–Kier alpha value is -0.0951. The van der Waals surface area contributed by atoms with Gasteiger partial charge in [0.1, 0.15) is 0 Å². The lowest BCUT2D eigenvalue weighted by Crippen LogP contribution is -2.22. The van der Waals surface area contributed by atoms with E-state index >= 15 is 0 Å². The summed E-state index contributed by atoms with van der Waals surface area (Å²) in [6.45, 7) is 3.06. The molecule has 74 valence electrons. The maximum absolute atomic E-state index is 5.46. The Morgan fingerprint density at radius 1 is 0.923 bits per heavy atom. The van der Waals surface area contributed by atoms with Crippen molar-refractivity contribution in [1.82, 2.24) is 0 Å². The molecule has 2 aliphatic heterocycles. The molecule has 0 radical (unpaired) electrons. The van der Waals surface area contributed by atoms with Crippen molar-refractivity contribution < 1.29 is 18.8 Å². The van der Waals surface area contributed by atoms with Crippen molar-refractivity contribution in [2.45, 2.75) is 25.0 Å². The van der Waals surface area contributed by atoms with Gasteiger partial charge in [0.15, 0.2) is 0 Å². The molecule has 2 saturated heterocycles. The van der Waals surface area contributed by atoms with Crippen LogP contribution in [0.5, 0.6) is 0 Å². The van der Waals surface area contributed by atoms with Crippen LogP contribution in [0.2, 0.25) is 0 Å². The summed E-state index contributed by atoms with van der Waals surface area (Å²) < 4.78 is 21.3. The normalized spacial score (nSPS) is 33.8. The molecule has 2 heterocycles. The summed E-state index contributed by atoms with van der Waals surface area (Å²) in [6, 6.07) is 0. The van der Waals surface area contributed by atoms with E-state index in [4.69, 9.17) is 18.8 Å². The van der Waals surface area contributed by atoms with Gasteiger partial charge in [-0.1, -0.05) is 0 Å².